The minimum absolute atomic E-state index is 0.0113. The maximum Gasteiger partial charge on any atom is 0.417 e. The van der Waals surface area contributed by atoms with Gasteiger partial charge in [-0.05, 0) is 111 Å². The summed E-state index contributed by atoms with van der Waals surface area (Å²) in [4.78, 5) is 78.3. The summed E-state index contributed by atoms with van der Waals surface area (Å²) in [6.45, 7) is 7.82. The lowest BCUT2D eigenvalue weighted by Gasteiger charge is -2.50. The van der Waals surface area contributed by atoms with E-state index in [1.165, 1.54) is 22.1 Å². The molecule has 502 valence electrons. The van der Waals surface area contributed by atoms with Gasteiger partial charge in [-0.1, -0.05) is 24.3 Å². The Bertz CT molecular complexity index is 3580. The summed E-state index contributed by atoms with van der Waals surface area (Å²) >= 11 is 0. The molecule has 3 aromatic carbocycles. The maximum atomic E-state index is 14.8. The number of methoxy groups -OCH3 is 1. The van der Waals surface area contributed by atoms with Crippen molar-refractivity contribution in [1.29, 1.82) is 0 Å². The number of aromatic nitrogens is 3. The molecule has 17 nitrogen and oxygen atoms in total. The fourth-order valence-corrected chi connectivity index (χ4v) is 12.1. The van der Waals surface area contributed by atoms with Crippen LogP contribution in [0.4, 0.5) is 59.8 Å². The molecule has 10 rings (SSSR count). The van der Waals surface area contributed by atoms with Crippen LogP contribution in [0.1, 0.15) is 82.0 Å². The average molecular weight is 1320 g/mol. The molecule has 3 aromatic heterocycles. The zero-order valence-corrected chi connectivity index (χ0v) is 51.2. The Kier molecular flexibility index (Phi) is 21.4. The summed E-state index contributed by atoms with van der Waals surface area (Å²) < 4.78 is 174. The van der Waals surface area contributed by atoms with E-state index in [-0.39, 0.29) is 75.5 Å². The SMILES string of the molecule is C=CCC1N(C(=O)c2cnccc2C(F)(F)F)CCC[C@@]1(Oc1ccc(C(F)(F)F)cc1)C(=O)N1CCN(c2ccccc2OCCOC)CC1.CC(F)(F)c1ccncc1C(=O)N1CCCC(Oc2ccc(C(F)(F)F)cc2)(C(=O)N2CCN(c3ccccn3)CC2)C1. The molecule has 4 aliphatic heterocycles. The minimum Gasteiger partial charge on any atom is -0.489 e. The molecule has 94 heavy (non-hydrogen) atoms. The Morgan fingerprint density at radius 1 is 0.574 bits per heavy atom. The summed E-state index contributed by atoms with van der Waals surface area (Å²) in [6, 6.07) is 21.4. The summed E-state index contributed by atoms with van der Waals surface area (Å²) in [5, 5.41) is 0. The Morgan fingerprint density at radius 2 is 1.13 bits per heavy atom. The number of alkyl halides is 11. The minimum atomic E-state index is -4.87. The topological polar surface area (TPSA) is 163 Å². The number of ether oxygens (including phenoxy) is 4. The van der Waals surface area contributed by atoms with Gasteiger partial charge in [0.2, 0.25) is 11.2 Å². The van der Waals surface area contributed by atoms with E-state index >= 15 is 0 Å². The third-order valence-corrected chi connectivity index (χ3v) is 16.7. The number of hydrogen-bond acceptors (Lipinski definition) is 13. The zero-order chi connectivity index (χ0) is 67.6. The summed E-state index contributed by atoms with van der Waals surface area (Å²) in [6.07, 6.45) is -6.35. The van der Waals surface area contributed by atoms with Gasteiger partial charge in [0, 0.05) is 122 Å². The lowest BCUT2D eigenvalue weighted by atomic mass is 9.80. The van der Waals surface area contributed by atoms with Crippen molar-refractivity contribution in [2.24, 2.45) is 0 Å². The molecule has 0 N–H and O–H groups in total. The third-order valence-electron chi connectivity index (χ3n) is 16.7. The lowest BCUT2D eigenvalue weighted by molar-refractivity contribution is -0.159. The molecular formula is C66H68F11N9O8. The fraction of sp³-hybridized carbons (Fsp3) is 0.409. The van der Waals surface area contributed by atoms with Gasteiger partial charge in [0.15, 0.2) is 0 Å². The molecule has 2 unspecified atom stereocenters. The highest BCUT2D eigenvalue weighted by molar-refractivity contribution is 5.98. The monoisotopic (exact) mass is 1320 g/mol. The second kappa shape index (κ2) is 29.1. The highest BCUT2D eigenvalue weighted by atomic mass is 19.4. The molecule has 28 heteroatoms. The Hall–Kier alpha value is -9.08. The number of hydrogen-bond donors (Lipinski definition) is 0. The Balaban J connectivity index is 0.000000224. The number of likely N-dealkylation sites (tertiary alicyclic amines) is 2. The number of halogens is 11. The predicted molar refractivity (Wildman–Crippen MR) is 322 cm³/mol. The van der Waals surface area contributed by atoms with Gasteiger partial charge in [-0.15, -0.1) is 6.58 Å². The van der Waals surface area contributed by atoms with Crippen molar-refractivity contribution in [3.8, 4) is 17.2 Å². The number of amides is 4. The average Bonchev–Trinajstić information content (AvgIpc) is 0.751. The second-order valence-electron chi connectivity index (χ2n) is 22.9. The van der Waals surface area contributed by atoms with Crippen molar-refractivity contribution in [3.63, 3.8) is 0 Å². The smallest absolute Gasteiger partial charge is 0.417 e. The number of anilines is 2. The van der Waals surface area contributed by atoms with Gasteiger partial charge in [-0.2, -0.15) is 39.5 Å². The number of piperidine rings is 2. The van der Waals surface area contributed by atoms with Crippen LogP contribution >= 0.6 is 0 Å². The molecular weight excluding hydrogens is 1260 g/mol. The van der Waals surface area contributed by atoms with Gasteiger partial charge in [0.05, 0.1) is 52.7 Å². The molecule has 6 aromatic rings. The zero-order valence-electron chi connectivity index (χ0n) is 51.2. The van der Waals surface area contributed by atoms with Crippen molar-refractivity contribution in [2.45, 2.75) is 80.7 Å². The van der Waals surface area contributed by atoms with Gasteiger partial charge in [-0.25, -0.2) is 13.8 Å². The van der Waals surface area contributed by atoms with Crippen LogP contribution in [0.5, 0.6) is 17.2 Å². The van der Waals surface area contributed by atoms with Crippen LogP contribution in [-0.4, -0.2) is 168 Å². The Labute approximate surface area is 534 Å². The number of carbonyl (C=O) groups is 4. The summed E-state index contributed by atoms with van der Waals surface area (Å²) in [5.74, 6) is -4.70. The lowest BCUT2D eigenvalue weighted by Crippen LogP contribution is -2.69. The quantitative estimate of drug-likeness (QED) is 0.0482. The van der Waals surface area contributed by atoms with Crippen molar-refractivity contribution in [3.05, 3.63) is 180 Å². The molecule has 4 amide bonds. The van der Waals surface area contributed by atoms with E-state index in [0.717, 1.165) is 84.7 Å². The fourth-order valence-electron chi connectivity index (χ4n) is 12.1. The molecule has 4 aliphatic rings. The maximum absolute atomic E-state index is 14.8. The first-order valence-electron chi connectivity index (χ1n) is 30.1. The molecule has 0 radical (unpaired) electrons. The first-order valence-corrected chi connectivity index (χ1v) is 30.1. The van der Waals surface area contributed by atoms with Crippen molar-refractivity contribution in [2.75, 3.05) is 102 Å². The van der Waals surface area contributed by atoms with Crippen LogP contribution in [0.2, 0.25) is 0 Å². The molecule has 0 aliphatic carbocycles. The van der Waals surface area contributed by atoms with Crippen molar-refractivity contribution in [1.82, 2.24) is 34.6 Å². The molecule has 4 saturated heterocycles. The summed E-state index contributed by atoms with van der Waals surface area (Å²) in [5.41, 5.74) is -7.21. The molecule has 3 atom stereocenters. The first-order chi connectivity index (χ1) is 44.7. The molecule has 0 spiro atoms. The normalized spacial score (nSPS) is 19.8. The van der Waals surface area contributed by atoms with E-state index in [2.05, 4.69) is 21.5 Å². The molecule has 4 fully saturated rings. The van der Waals surface area contributed by atoms with Crippen molar-refractivity contribution >= 4 is 35.1 Å². The van der Waals surface area contributed by atoms with Crippen LogP contribution in [0, 0.1) is 0 Å². The standard InChI is InChI=1S/C36H38F6N4O5.C30H30F5N5O3/c1-3-7-31-34(51-26-12-10-25(11-13-26)35(37,38)39,15-6-17-46(31)32(47)27-24-43-16-14-28(27)36(40,41)42)33(48)45-20-18-44(19-21-45)29-8-4-5-9-30(29)50-23-22-49-2;1-28(31,32)24-10-13-36-19-23(24)26(41)40-14-4-11-29(20-40,43-22-8-6-21(7-9-22)30(33,34)35)27(42)39-17-15-38(16-18-39)25-5-2-3-12-37-25/h3-5,8-14,16,24,31H,1,6-7,15,17-23H2,2H3;2-3,5-10,12-13,19H,4,11,14-18,20H2,1H3/t31?,34-;/m0./s1. The second-order valence-corrected chi connectivity index (χ2v) is 22.9. The Morgan fingerprint density at radius 3 is 1.69 bits per heavy atom. The van der Waals surface area contributed by atoms with Gasteiger partial charge < -0.3 is 48.3 Å². The molecule has 7 heterocycles. The number of pyridine rings is 3. The van der Waals surface area contributed by atoms with Gasteiger partial charge >= 0.3 is 18.5 Å². The van der Waals surface area contributed by atoms with Gasteiger partial charge in [-0.3, -0.25) is 29.1 Å². The third kappa shape index (κ3) is 15.9. The van der Waals surface area contributed by atoms with E-state index in [1.54, 1.807) is 29.2 Å². The van der Waals surface area contributed by atoms with Crippen LogP contribution in [0.25, 0.3) is 0 Å². The molecule has 0 saturated carbocycles. The highest BCUT2D eigenvalue weighted by Gasteiger charge is 2.56. The van der Waals surface area contributed by atoms with Crippen LogP contribution in [0.3, 0.4) is 0 Å². The van der Waals surface area contributed by atoms with E-state index in [4.69, 9.17) is 18.9 Å². The number of benzene rings is 3. The van der Waals surface area contributed by atoms with Crippen LogP contribution in [-0.2, 0) is 38.8 Å². The summed E-state index contributed by atoms with van der Waals surface area (Å²) in [7, 11) is 1.57. The largest absolute Gasteiger partial charge is 0.489 e. The number of nitrogens with zero attached hydrogens (tertiary/aromatic N) is 9. The van der Waals surface area contributed by atoms with E-state index in [1.807, 2.05) is 46.2 Å². The predicted octanol–water partition coefficient (Wildman–Crippen LogP) is 11.5. The van der Waals surface area contributed by atoms with Gasteiger partial charge in [0.25, 0.3) is 29.6 Å². The van der Waals surface area contributed by atoms with Gasteiger partial charge in [0.1, 0.15) is 29.7 Å². The van der Waals surface area contributed by atoms with E-state index < -0.39 is 93.1 Å². The number of carbonyl (C=O) groups excluding carboxylic acids is 4. The van der Waals surface area contributed by atoms with Crippen LogP contribution in [0.15, 0.2) is 147 Å². The van der Waals surface area contributed by atoms with Crippen molar-refractivity contribution < 1.29 is 86.4 Å². The van der Waals surface area contributed by atoms with E-state index in [9.17, 15) is 67.5 Å². The number of para-hydroxylation sites is 2. The molecule has 0 bridgehead atoms. The van der Waals surface area contributed by atoms with Crippen LogP contribution < -0.4 is 24.0 Å². The van der Waals surface area contributed by atoms with E-state index in [0.29, 0.717) is 77.6 Å². The number of rotatable bonds is 17. The number of piperazine rings is 2. The highest BCUT2D eigenvalue weighted by Crippen LogP contribution is 2.42. The first kappa shape index (κ1) is 69.3.